The third-order valence-electron chi connectivity index (χ3n) is 6.26. The summed E-state index contributed by atoms with van der Waals surface area (Å²) in [5.74, 6) is 0.137. The van der Waals surface area contributed by atoms with Gasteiger partial charge in [-0.1, -0.05) is 31.0 Å². The van der Waals surface area contributed by atoms with E-state index in [2.05, 4.69) is 4.57 Å². The van der Waals surface area contributed by atoms with Crippen LogP contribution in [-0.4, -0.2) is 66.1 Å². The van der Waals surface area contributed by atoms with Crippen molar-refractivity contribution in [3.05, 3.63) is 36.0 Å². The molecule has 0 bridgehead atoms. The lowest BCUT2D eigenvalue weighted by molar-refractivity contribution is -0.0562. The van der Waals surface area contributed by atoms with E-state index in [0.29, 0.717) is 32.9 Å². The van der Waals surface area contributed by atoms with Gasteiger partial charge in [-0.15, -0.1) is 0 Å². The minimum absolute atomic E-state index is 0.0402. The van der Waals surface area contributed by atoms with Crippen molar-refractivity contribution >= 4 is 16.8 Å². The number of benzene rings is 1. The summed E-state index contributed by atoms with van der Waals surface area (Å²) in [5, 5.41) is 11.5. The number of carbonyl (C=O) groups is 1. The molecule has 0 spiro atoms. The van der Waals surface area contributed by atoms with Crippen molar-refractivity contribution in [1.82, 2.24) is 9.47 Å². The van der Waals surface area contributed by atoms with Crippen LogP contribution in [0.3, 0.4) is 0 Å². The van der Waals surface area contributed by atoms with Gasteiger partial charge in [-0.3, -0.25) is 4.79 Å². The zero-order valence-corrected chi connectivity index (χ0v) is 16.5. The number of morpholine rings is 1. The average Bonchev–Trinajstić information content (AvgIpc) is 3.11. The van der Waals surface area contributed by atoms with Crippen LogP contribution in [-0.2, 0) is 16.0 Å². The number of aliphatic hydroxyl groups excluding tert-OH is 1. The zero-order chi connectivity index (χ0) is 19.5. The number of hydrogen-bond donors (Lipinski definition) is 1. The molecule has 0 radical (unpaired) electrons. The quantitative estimate of drug-likeness (QED) is 0.858. The topological polar surface area (TPSA) is 63.9 Å². The van der Waals surface area contributed by atoms with E-state index in [0.717, 1.165) is 42.1 Å². The SMILES string of the molecule is COCCn1cc(C(=O)N2CCOCC2C2CCCCC2O)c2ccccc21. The average molecular weight is 386 g/mol. The molecule has 152 valence electrons. The summed E-state index contributed by atoms with van der Waals surface area (Å²) in [5.41, 5.74) is 1.77. The maximum Gasteiger partial charge on any atom is 0.256 e. The molecule has 28 heavy (non-hydrogen) atoms. The molecule has 1 N–H and O–H groups in total. The molecule has 2 fully saturated rings. The highest BCUT2D eigenvalue weighted by Gasteiger charge is 2.39. The number of rotatable bonds is 5. The van der Waals surface area contributed by atoms with Crippen molar-refractivity contribution in [2.24, 2.45) is 5.92 Å². The van der Waals surface area contributed by atoms with E-state index in [1.807, 2.05) is 35.4 Å². The molecular weight excluding hydrogens is 356 g/mol. The highest BCUT2D eigenvalue weighted by molar-refractivity contribution is 6.07. The van der Waals surface area contributed by atoms with E-state index in [1.165, 1.54) is 0 Å². The van der Waals surface area contributed by atoms with Gasteiger partial charge >= 0.3 is 0 Å². The van der Waals surface area contributed by atoms with Crippen molar-refractivity contribution in [3.63, 3.8) is 0 Å². The van der Waals surface area contributed by atoms with Gasteiger partial charge in [0.05, 0.1) is 37.5 Å². The van der Waals surface area contributed by atoms with Gasteiger partial charge < -0.3 is 24.0 Å². The molecule has 1 amide bonds. The summed E-state index contributed by atoms with van der Waals surface area (Å²) in [6.07, 6.45) is 5.55. The Labute approximate surface area is 166 Å². The van der Waals surface area contributed by atoms with Gasteiger partial charge in [0.2, 0.25) is 0 Å². The van der Waals surface area contributed by atoms with Crippen LogP contribution in [0.2, 0.25) is 0 Å². The fourth-order valence-electron chi connectivity index (χ4n) is 4.76. The Morgan fingerprint density at radius 2 is 2.11 bits per heavy atom. The Bertz CT molecular complexity index is 818. The van der Waals surface area contributed by atoms with Gasteiger partial charge in [0.1, 0.15) is 0 Å². The number of hydrogen-bond acceptors (Lipinski definition) is 4. The van der Waals surface area contributed by atoms with Crippen LogP contribution >= 0.6 is 0 Å². The third-order valence-corrected chi connectivity index (χ3v) is 6.26. The summed E-state index contributed by atoms with van der Waals surface area (Å²) in [6.45, 7) is 2.94. The highest BCUT2D eigenvalue weighted by atomic mass is 16.5. The van der Waals surface area contributed by atoms with Crippen LogP contribution in [0.25, 0.3) is 10.9 Å². The van der Waals surface area contributed by atoms with Gasteiger partial charge in [0.15, 0.2) is 0 Å². The lowest BCUT2D eigenvalue weighted by atomic mass is 9.80. The number of amides is 1. The largest absolute Gasteiger partial charge is 0.393 e. The lowest BCUT2D eigenvalue weighted by Crippen LogP contribution is -2.55. The summed E-state index contributed by atoms with van der Waals surface area (Å²) in [4.78, 5) is 15.6. The van der Waals surface area contributed by atoms with Crippen molar-refractivity contribution in [3.8, 4) is 0 Å². The molecule has 4 rings (SSSR count). The van der Waals surface area contributed by atoms with E-state index in [4.69, 9.17) is 9.47 Å². The van der Waals surface area contributed by atoms with Crippen LogP contribution in [0, 0.1) is 5.92 Å². The summed E-state index contributed by atoms with van der Waals surface area (Å²) in [7, 11) is 1.69. The number of methoxy groups -OCH3 is 1. The van der Waals surface area contributed by atoms with Gasteiger partial charge in [-0.05, 0) is 18.9 Å². The van der Waals surface area contributed by atoms with Crippen molar-refractivity contribution in [1.29, 1.82) is 0 Å². The number of aromatic nitrogens is 1. The van der Waals surface area contributed by atoms with Crippen molar-refractivity contribution in [2.75, 3.05) is 33.5 Å². The second-order valence-corrected chi connectivity index (χ2v) is 7.90. The molecule has 1 saturated carbocycles. The summed E-state index contributed by atoms with van der Waals surface area (Å²) >= 11 is 0. The Morgan fingerprint density at radius 1 is 1.29 bits per heavy atom. The van der Waals surface area contributed by atoms with E-state index >= 15 is 0 Å². The first-order chi connectivity index (χ1) is 13.7. The van der Waals surface area contributed by atoms with Crippen LogP contribution in [0.5, 0.6) is 0 Å². The normalized spacial score (nSPS) is 25.9. The number of ether oxygens (including phenoxy) is 2. The van der Waals surface area contributed by atoms with Crippen LogP contribution < -0.4 is 0 Å². The van der Waals surface area contributed by atoms with Gasteiger partial charge in [-0.25, -0.2) is 0 Å². The maximum atomic E-state index is 13.6. The number of nitrogens with zero attached hydrogens (tertiary/aromatic N) is 2. The Morgan fingerprint density at radius 3 is 2.93 bits per heavy atom. The summed E-state index contributed by atoms with van der Waals surface area (Å²) < 4.78 is 13.0. The molecule has 6 heteroatoms. The molecule has 2 aromatic rings. The molecule has 1 aromatic carbocycles. The van der Waals surface area contributed by atoms with E-state index in [9.17, 15) is 9.90 Å². The fourth-order valence-corrected chi connectivity index (χ4v) is 4.76. The van der Waals surface area contributed by atoms with E-state index in [1.54, 1.807) is 7.11 Å². The first kappa shape index (κ1) is 19.4. The maximum absolute atomic E-state index is 13.6. The fraction of sp³-hybridized carbons (Fsp3) is 0.591. The molecule has 1 aliphatic carbocycles. The molecule has 1 aromatic heterocycles. The number of aliphatic hydroxyl groups is 1. The van der Waals surface area contributed by atoms with E-state index in [-0.39, 0.29) is 24.0 Å². The molecule has 2 aliphatic rings. The molecule has 6 nitrogen and oxygen atoms in total. The van der Waals surface area contributed by atoms with Crippen LogP contribution in [0.4, 0.5) is 0 Å². The molecule has 3 unspecified atom stereocenters. The number of carbonyl (C=O) groups excluding carboxylic acids is 1. The molecule has 2 heterocycles. The Hall–Kier alpha value is -1.89. The minimum Gasteiger partial charge on any atom is -0.393 e. The Balaban J connectivity index is 1.65. The summed E-state index contributed by atoms with van der Waals surface area (Å²) in [6, 6.07) is 7.97. The third kappa shape index (κ3) is 3.69. The second kappa shape index (κ2) is 8.64. The van der Waals surface area contributed by atoms with Gasteiger partial charge in [0, 0.05) is 43.2 Å². The lowest BCUT2D eigenvalue weighted by Gasteiger charge is -2.43. The highest BCUT2D eigenvalue weighted by Crippen LogP contribution is 2.32. The Kier molecular flexibility index (Phi) is 5.99. The molecule has 1 aliphatic heterocycles. The number of fused-ring (bicyclic) bond motifs is 1. The van der Waals surface area contributed by atoms with Crippen LogP contribution in [0.1, 0.15) is 36.0 Å². The molecule has 1 saturated heterocycles. The smallest absolute Gasteiger partial charge is 0.256 e. The van der Waals surface area contributed by atoms with Crippen molar-refractivity contribution < 1.29 is 19.4 Å². The first-order valence-corrected chi connectivity index (χ1v) is 10.3. The van der Waals surface area contributed by atoms with Crippen LogP contribution in [0.15, 0.2) is 30.5 Å². The van der Waals surface area contributed by atoms with Gasteiger partial charge in [-0.2, -0.15) is 0 Å². The minimum atomic E-state index is -0.348. The second-order valence-electron chi connectivity index (χ2n) is 7.90. The standard InChI is InChI=1S/C22H30N2O4/c1-27-12-10-23-14-18(16-6-2-4-8-19(16)23)22(26)24-11-13-28-15-20(24)17-7-3-5-9-21(17)25/h2,4,6,8,14,17,20-21,25H,3,5,7,9-13,15H2,1H3. The first-order valence-electron chi connectivity index (χ1n) is 10.3. The molecular formula is C22H30N2O4. The number of para-hydroxylation sites is 1. The predicted octanol–water partition coefficient (Wildman–Crippen LogP) is 2.68. The van der Waals surface area contributed by atoms with Crippen molar-refractivity contribution in [2.45, 2.75) is 44.4 Å². The zero-order valence-electron chi connectivity index (χ0n) is 16.5. The molecule has 3 atom stereocenters. The van der Waals surface area contributed by atoms with E-state index < -0.39 is 0 Å². The van der Waals surface area contributed by atoms with Gasteiger partial charge in [0.25, 0.3) is 5.91 Å². The monoisotopic (exact) mass is 386 g/mol. The predicted molar refractivity (Wildman–Crippen MR) is 107 cm³/mol.